The summed E-state index contributed by atoms with van der Waals surface area (Å²) in [5.74, 6) is -1.08. The summed E-state index contributed by atoms with van der Waals surface area (Å²) in [5.41, 5.74) is 0.161. The van der Waals surface area contributed by atoms with E-state index in [4.69, 9.17) is 0 Å². The Balaban J connectivity index is 0.00000338. The van der Waals surface area contributed by atoms with Crippen LogP contribution in [0.1, 0.15) is 56.9 Å². The molecule has 0 spiro atoms. The number of aliphatic hydroxyl groups is 2. The minimum atomic E-state index is -1.20. The second kappa shape index (κ2) is 11.9. The Morgan fingerprint density at radius 2 is 2.04 bits per heavy atom. The van der Waals surface area contributed by atoms with Crippen molar-refractivity contribution < 1.29 is 49.7 Å². The Labute approximate surface area is 178 Å². The van der Waals surface area contributed by atoms with Crippen LogP contribution in [0.25, 0.3) is 0 Å². The topological polar surface area (TPSA) is 80.6 Å². The molecule has 2 rings (SSSR count). The van der Waals surface area contributed by atoms with Gasteiger partial charge < -0.3 is 20.1 Å². The standard InChI is InChI=1S/C21H30O4.Na/c22-19(11-5-4-9-17-7-2-1-3-8-17)13-12-18-10-6-14-21(25,15-18)16-20(23)24;/h1-3,7-8,12-13,18-19,22,25H,4-6,9-11,14-16H2,(H,23,24);/q;+1/p-1/b13-12+;/t18-,19?,21+;/m1./s1. The van der Waals surface area contributed by atoms with Crippen molar-refractivity contribution in [2.75, 3.05) is 0 Å². The van der Waals surface area contributed by atoms with E-state index in [9.17, 15) is 20.1 Å². The minimum Gasteiger partial charge on any atom is -0.550 e. The summed E-state index contributed by atoms with van der Waals surface area (Å²) in [6.45, 7) is 0. The number of hydrogen-bond donors (Lipinski definition) is 2. The van der Waals surface area contributed by atoms with Gasteiger partial charge in [-0.25, -0.2) is 0 Å². The number of allylic oxidation sites excluding steroid dienone is 1. The van der Waals surface area contributed by atoms with Crippen molar-refractivity contribution in [3.63, 3.8) is 0 Å². The molecule has 4 nitrogen and oxygen atoms in total. The van der Waals surface area contributed by atoms with E-state index < -0.39 is 17.7 Å². The van der Waals surface area contributed by atoms with Crippen LogP contribution in [0.5, 0.6) is 0 Å². The number of aliphatic hydroxyl groups excluding tert-OH is 1. The summed E-state index contributed by atoms with van der Waals surface area (Å²) in [7, 11) is 0. The van der Waals surface area contributed by atoms with Gasteiger partial charge in [0.05, 0.1) is 11.7 Å². The Hall–Kier alpha value is -0.650. The molecule has 0 bridgehead atoms. The molecule has 5 heteroatoms. The summed E-state index contributed by atoms with van der Waals surface area (Å²) in [4.78, 5) is 10.8. The van der Waals surface area contributed by atoms with E-state index in [1.165, 1.54) is 5.56 Å². The first-order valence-corrected chi connectivity index (χ1v) is 9.29. The number of aliphatic carboxylic acids is 1. The van der Waals surface area contributed by atoms with Crippen LogP contribution in [0, 0.1) is 5.92 Å². The molecule has 1 saturated carbocycles. The quantitative estimate of drug-likeness (QED) is 0.346. The molecule has 0 radical (unpaired) electrons. The van der Waals surface area contributed by atoms with E-state index in [1.807, 2.05) is 24.3 Å². The first-order valence-electron chi connectivity index (χ1n) is 9.29. The molecule has 26 heavy (non-hydrogen) atoms. The van der Waals surface area contributed by atoms with Crippen LogP contribution in [-0.2, 0) is 11.2 Å². The van der Waals surface area contributed by atoms with E-state index in [-0.39, 0.29) is 41.9 Å². The van der Waals surface area contributed by atoms with Gasteiger partial charge in [-0.15, -0.1) is 0 Å². The van der Waals surface area contributed by atoms with Crippen LogP contribution in [0.15, 0.2) is 42.5 Å². The number of carboxylic acids is 1. The van der Waals surface area contributed by atoms with Crippen LogP contribution < -0.4 is 34.7 Å². The molecule has 0 amide bonds. The molecule has 1 aliphatic rings. The van der Waals surface area contributed by atoms with E-state index in [2.05, 4.69) is 12.1 Å². The molecule has 3 atom stereocenters. The largest absolute Gasteiger partial charge is 1.00 e. The van der Waals surface area contributed by atoms with Gasteiger partial charge in [0.2, 0.25) is 0 Å². The summed E-state index contributed by atoms with van der Waals surface area (Å²) < 4.78 is 0. The van der Waals surface area contributed by atoms with Gasteiger partial charge in [0.1, 0.15) is 0 Å². The molecule has 0 aliphatic heterocycles. The maximum absolute atomic E-state index is 10.8. The number of carbonyl (C=O) groups is 1. The van der Waals surface area contributed by atoms with Gasteiger partial charge in [0.25, 0.3) is 0 Å². The number of benzene rings is 1. The van der Waals surface area contributed by atoms with Crippen molar-refractivity contribution in [2.45, 2.75) is 69.5 Å². The van der Waals surface area contributed by atoms with Crippen LogP contribution in [0.3, 0.4) is 0 Å². The molecule has 0 saturated heterocycles. The minimum absolute atomic E-state index is 0. The first-order chi connectivity index (χ1) is 12.0. The van der Waals surface area contributed by atoms with Crippen molar-refractivity contribution in [3.8, 4) is 0 Å². The third-order valence-corrected chi connectivity index (χ3v) is 5.00. The predicted octanol–water partition coefficient (Wildman–Crippen LogP) is -0.618. The smallest absolute Gasteiger partial charge is 0.550 e. The Bertz CT molecular complexity index is 560. The number of carboxylic acid groups (broad SMARTS) is 1. The summed E-state index contributed by atoms with van der Waals surface area (Å²) >= 11 is 0. The molecule has 1 aromatic rings. The maximum atomic E-state index is 10.8. The molecule has 1 aromatic carbocycles. The predicted molar refractivity (Wildman–Crippen MR) is 95.7 cm³/mol. The molecule has 1 unspecified atom stereocenters. The van der Waals surface area contributed by atoms with Crippen LogP contribution in [-0.4, -0.2) is 27.9 Å². The van der Waals surface area contributed by atoms with Gasteiger partial charge >= 0.3 is 29.6 Å². The Kier molecular flexibility index (Phi) is 10.7. The van der Waals surface area contributed by atoms with Gasteiger partial charge in [-0.2, -0.15) is 0 Å². The molecule has 138 valence electrons. The molecule has 2 N–H and O–H groups in total. The Morgan fingerprint density at radius 1 is 1.31 bits per heavy atom. The fourth-order valence-electron chi connectivity index (χ4n) is 3.69. The molecule has 0 heterocycles. The molecule has 1 aliphatic carbocycles. The fourth-order valence-corrected chi connectivity index (χ4v) is 3.69. The summed E-state index contributed by atoms with van der Waals surface area (Å²) in [6.07, 6.45) is 9.37. The van der Waals surface area contributed by atoms with Crippen LogP contribution in [0.4, 0.5) is 0 Å². The second-order valence-corrected chi connectivity index (χ2v) is 7.31. The van der Waals surface area contributed by atoms with Gasteiger partial charge in [0.15, 0.2) is 0 Å². The van der Waals surface area contributed by atoms with Gasteiger partial charge in [-0.05, 0) is 56.4 Å². The number of hydrogen-bond acceptors (Lipinski definition) is 4. The first kappa shape index (κ1) is 23.4. The average molecular weight is 368 g/mol. The zero-order chi connectivity index (χ0) is 18.1. The van der Waals surface area contributed by atoms with Crippen molar-refractivity contribution in [3.05, 3.63) is 48.0 Å². The fraction of sp³-hybridized carbons (Fsp3) is 0.571. The van der Waals surface area contributed by atoms with Crippen molar-refractivity contribution >= 4 is 5.97 Å². The van der Waals surface area contributed by atoms with E-state index in [0.29, 0.717) is 12.8 Å². The third kappa shape index (κ3) is 8.83. The summed E-state index contributed by atoms with van der Waals surface area (Å²) in [6, 6.07) is 10.3. The van der Waals surface area contributed by atoms with Crippen molar-refractivity contribution in [2.24, 2.45) is 5.92 Å². The molecule has 0 aromatic heterocycles. The second-order valence-electron chi connectivity index (χ2n) is 7.31. The number of carbonyl (C=O) groups excluding carboxylic acids is 1. The number of unbranched alkanes of at least 4 members (excludes halogenated alkanes) is 1. The maximum Gasteiger partial charge on any atom is 1.00 e. The number of rotatable bonds is 9. The SMILES string of the molecule is O=C([O-])C[C@]1(O)CCC[C@H](/C=C/C(O)CCCCc2ccccc2)C1.[Na+]. The molecular formula is C21H29NaO4. The van der Waals surface area contributed by atoms with Crippen molar-refractivity contribution in [1.29, 1.82) is 0 Å². The van der Waals surface area contributed by atoms with Gasteiger partial charge in [-0.3, -0.25) is 0 Å². The van der Waals surface area contributed by atoms with E-state index in [1.54, 1.807) is 6.08 Å². The van der Waals surface area contributed by atoms with Crippen molar-refractivity contribution in [1.82, 2.24) is 0 Å². The monoisotopic (exact) mass is 368 g/mol. The van der Waals surface area contributed by atoms with Gasteiger partial charge in [-0.1, -0.05) is 48.9 Å². The summed E-state index contributed by atoms with van der Waals surface area (Å²) in [5, 5.41) is 31.2. The van der Waals surface area contributed by atoms with Gasteiger partial charge in [0, 0.05) is 12.4 Å². The third-order valence-electron chi connectivity index (χ3n) is 5.00. The molecular weight excluding hydrogens is 339 g/mol. The normalized spacial score (nSPS) is 24.2. The number of aryl methyl sites for hydroxylation is 1. The average Bonchev–Trinajstić information content (AvgIpc) is 2.57. The molecule has 1 fully saturated rings. The Morgan fingerprint density at radius 3 is 2.73 bits per heavy atom. The zero-order valence-electron chi connectivity index (χ0n) is 15.8. The van der Waals surface area contributed by atoms with Crippen LogP contribution >= 0.6 is 0 Å². The van der Waals surface area contributed by atoms with E-state index >= 15 is 0 Å². The zero-order valence-corrected chi connectivity index (χ0v) is 17.8. The van der Waals surface area contributed by atoms with E-state index in [0.717, 1.165) is 38.5 Å². The van der Waals surface area contributed by atoms with Crippen LogP contribution in [0.2, 0.25) is 0 Å².